The number of nitrogens with zero attached hydrogens (tertiary/aromatic N) is 7. The monoisotopic (exact) mass is 389 g/mol. The van der Waals surface area contributed by atoms with Crippen LogP contribution in [-0.2, 0) is 4.74 Å². The van der Waals surface area contributed by atoms with Crippen LogP contribution in [0.25, 0.3) is 16.8 Å². The maximum atomic E-state index is 12.2. The van der Waals surface area contributed by atoms with Gasteiger partial charge in [-0.1, -0.05) is 11.6 Å². The first kappa shape index (κ1) is 17.7. The zero-order valence-corrected chi connectivity index (χ0v) is 16.3. The molecular weight excluding hydrogens is 370 g/mol. The Labute approximate surface area is 160 Å². The number of pyridine rings is 1. The molecule has 0 unspecified atom stereocenters. The number of hydrogen-bond donors (Lipinski definition) is 0. The molecule has 1 aliphatic heterocycles. The van der Waals surface area contributed by atoms with Crippen LogP contribution in [0.2, 0.25) is 5.15 Å². The number of rotatable bonds is 2. The lowest BCUT2D eigenvalue weighted by Gasteiger charge is -2.41. The summed E-state index contributed by atoms with van der Waals surface area (Å²) in [6.45, 7) is 6.98. The highest BCUT2D eigenvalue weighted by Gasteiger charge is 2.35. The normalized spacial score (nSPS) is 15.2. The summed E-state index contributed by atoms with van der Waals surface area (Å²) < 4.78 is 7.33. The van der Waals surface area contributed by atoms with Gasteiger partial charge in [0.25, 0.3) is 0 Å². The van der Waals surface area contributed by atoms with E-state index in [1.165, 1.54) is 0 Å². The first-order chi connectivity index (χ1) is 12.7. The van der Waals surface area contributed by atoms with Gasteiger partial charge in [0.1, 0.15) is 23.1 Å². The Morgan fingerprint density at radius 1 is 1.26 bits per heavy atom. The van der Waals surface area contributed by atoms with Crippen LogP contribution in [0.5, 0.6) is 0 Å². The van der Waals surface area contributed by atoms with Crippen molar-refractivity contribution in [2.75, 3.05) is 25.0 Å². The van der Waals surface area contributed by atoms with Crippen LogP contribution >= 0.6 is 11.6 Å². The molecule has 0 saturated carbocycles. The molecule has 1 amide bonds. The van der Waals surface area contributed by atoms with Crippen molar-refractivity contribution in [1.82, 2.24) is 29.5 Å². The van der Waals surface area contributed by atoms with E-state index in [1.807, 2.05) is 31.7 Å². The molecule has 4 heterocycles. The number of ether oxygens (including phenoxy) is 1. The van der Waals surface area contributed by atoms with Crippen LogP contribution in [0, 0.1) is 0 Å². The number of amides is 1. The molecule has 1 aliphatic rings. The average Bonchev–Trinajstić information content (AvgIpc) is 3.06. The highest BCUT2D eigenvalue weighted by molar-refractivity contribution is 6.29. The van der Waals surface area contributed by atoms with Gasteiger partial charge in [-0.3, -0.25) is 4.40 Å². The molecular formula is C17H20ClN7O2. The SMILES string of the molecule is CN(C(=O)OC1CN(c2nc3ccc(Cl)nc3n3cnnc23)C1)C(C)(C)C. The topological polar surface area (TPSA) is 88.8 Å². The first-order valence-corrected chi connectivity index (χ1v) is 8.97. The minimum absolute atomic E-state index is 0.189. The van der Waals surface area contributed by atoms with Gasteiger partial charge in [0.15, 0.2) is 11.5 Å². The molecule has 0 aliphatic carbocycles. The summed E-state index contributed by atoms with van der Waals surface area (Å²) in [6, 6.07) is 3.50. The molecule has 0 bridgehead atoms. The molecule has 1 saturated heterocycles. The van der Waals surface area contributed by atoms with Gasteiger partial charge in [0, 0.05) is 12.6 Å². The van der Waals surface area contributed by atoms with Gasteiger partial charge < -0.3 is 14.5 Å². The molecule has 10 heteroatoms. The lowest BCUT2D eigenvalue weighted by molar-refractivity contribution is 0.0365. The molecule has 0 aromatic carbocycles. The zero-order valence-electron chi connectivity index (χ0n) is 15.5. The Morgan fingerprint density at radius 3 is 2.70 bits per heavy atom. The molecule has 9 nitrogen and oxygen atoms in total. The largest absolute Gasteiger partial charge is 0.442 e. The smallest absolute Gasteiger partial charge is 0.410 e. The third-order valence-electron chi connectivity index (χ3n) is 4.72. The molecule has 0 atom stereocenters. The number of hydrogen-bond acceptors (Lipinski definition) is 7. The number of fused-ring (bicyclic) bond motifs is 3. The number of aromatic nitrogens is 5. The van der Waals surface area contributed by atoms with Gasteiger partial charge in [0.2, 0.25) is 5.65 Å². The minimum atomic E-state index is -0.329. The van der Waals surface area contributed by atoms with E-state index < -0.39 is 0 Å². The number of carbonyl (C=O) groups excluding carboxylic acids is 1. The average molecular weight is 390 g/mol. The zero-order chi connectivity index (χ0) is 19.3. The lowest BCUT2D eigenvalue weighted by Crippen LogP contribution is -2.55. The summed E-state index contributed by atoms with van der Waals surface area (Å²) in [5.41, 5.74) is 1.59. The highest BCUT2D eigenvalue weighted by Crippen LogP contribution is 2.28. The number of anilines is 1. The molecule has 4 rings (SSSR count). The summed E-state index contributed by atoms with van der Waals surface area (Å²) in [7, 11) is 1.74. The van der Waals surface area contributed by atoms with Crippen molar-refractivity contribution >= 4 is 40.3 Å². The summed E-state index contributed by atoms with van der Waals surface area (Å²) in [5, 5.41) is 8.51. The number of halogens is 1. The van der Waals surface area contributed by atoms with E-state index in [0.29, 0.717) is 40.9 Å². The fraction of sp³-hybridized carbons (Fsp3) is 0.471. The quantitative estimate of drug-likeness (QED) is 0.621. The van der Waals surface area contributed by atoms with Crippen LogP contribution in [-0.4, -0.2) is 67.3 Å². The summed E-state index contributed by atoms with van der Waals surface area (Å²) in [6.07, 6.45) is 1.07. The fourth-order valence-electron chi connectivity index (χ4n) is 2.78. The van der Waals surface area contributed by atoms with Crippen molar-refractivity contribution in [2.45, 2.75) is 32.4 Å². The third-order valence-corrected chi connectivity index (χ3v) is 4.93. The molecule has 0 spiro atoms. The number of carbonyl (C=O) groups is 1. The Bertz CT molecular complexity index is 1020. The van der Waals surface area contributed by atoms with E-state index in [-0.39, 0.29) is 17.7 Å². The van der Waals surface area contributed by atoms with E-state index >= 15 is 0 Å². The van der Waals surface area contributed by atoms with Gasteiger partial charge in [-0.2, -0.15) is 0 Å². The van der Waals surface area contributed by atoms with E-state index in [1.54, 1.807) is 28.7 Å². The van der Waals surface area contributed by atoms with Gasteiger partial charge in [-0.25, -0.2) is 14.8 Å². The van der Waals surface area contributed by atoms with Crippen molar-refractivity contribution in [3.8, 4) is 0 Å². The Morgan fingerprint density at radius 2 is 2.00 bits per heavy atom. The Kier molecular flexibility index (Phi) is 4.06. The maximum absolute atomic E-state index is 12.2. The van der Waals surface area contributed by atoms with Gasteiger partial charge >= 0.3 is 6.09 Å². The van der Waals surface area contributed by atoms with Gasteiger partial charge in [0.05, 0.1) is 13.1 Å². The molecule has 0 radical (unpaired) electrons. The Balaban J connectivity index is 1.54. The van der Waals surface area contributed by atoms with Crippen molar-refractivity contribution in [3.63, 3.8) is 0 Å². The maximum Gasteiger partial charge on any atom is 0.410 e. The minimum Gasteiger partial charge on any atom is -0.442 e. The molecule has 0 N–H and O–H groups in total. The second-order valence-electron chi connectivity index (χ2n) is 7.58. The summed E-state index contributed by atoms with van der Waals surface area (Å²) >= 11 is 6.00. The van der Waals surface area contributed by atoms with E-state index in [2.05, 4.69) is 20.2 Å². The molecule has 142 valence electrons. The van der Waals surface area contributed by atoms with Crippen molar-refractivity contribution in [3.05, 3.63) is 23.6 Å². The highest BCUT2D eigenvalue weighted by atomic mass is 35.5. The summed E-state index contributed by atoms with van der Waals surface area (Å²) in [4.78, 5) is 24.8. The van der Waals surface area contributed by atoms with Crippen molar-refractivity contribution < 1.29 is 9.53 Å². The molecule has 27 heavy (non-hydrogen) atoms. The standard InChI is InChI=1S/C17H20ClN7O2/c1-17(2,3)23(4)16(26)27-10-7-24(8-10)14-15-22-19-9-25(15)13-11(20-14)5-6-12(18)21-13/h5-6,9-10H,7-8H2,1-4H3. The second kappa shape index (κ2) is 6.19. The molecule has 1 fully saturated rings. The summed E-state index contributed by atoms with van der Waals surface area (Å²) in [5.74, 6) is 0.681. The van der Waals surface area contributed by atoms with Gasteiger partial charge in [-0.05, 0) is 32.9 Å². The van der Waals surface area contributed by atoms with Crippen LogP contribution < -0.4 is 4.90 Å². The van der Waals surface area contributed by atoms with Gasteiger partial charge in [-0.15, -0.1) is 10.2 Å². The molecule has 3 aromatic heterocycles. The van der Waals surface area contributed by atoms with Crippen LogP contribution in [0.1, 0.15) is 20.8 Å². The predicted molar refractivity (Wildman–Crippen MR) is 101 cm³/mol. The van der Waals surface area contributed by atoms with E-state index in [0.717, 1.165) is 0 Å². The second-order valence-corrected chi connectivity index (χ2v) is 7.96. The van der Waals surface area contributed by atoms with Crippen molar-refractivity contribution in [2.24, 2.45) is 0 Å². The van der Waals surface area contributed by atoms with Crippen LogP contribution in [0.15, 0.2) is 18.5 Å². The van der Waals surface area contributed by atoms with E-state index in [4.69, 9.17) is 16.3 Å². The van der Waals surface area contributed by atoms with E-state index in [9.17, 15) is 4.79 Å². The fourth-order valence-corrected chi connectivity index (χ4v) is 2.93. The van der Waals surface area contributed by atoms with Crippen LogP contribution in [0.4, 0.5) is 10.6 Å². The van der Waals surface area contributed by atoms with Crippen molar-refractivity contribution in [1.29, 1.82) is 0 Å². The molecule has 3 aromatic rings. The van der Waals surface area contributed by atoms with Crippen LogP contribution in [0.3, 0.4) is 0 Å². The third kappa shape index (κ3) is 3.12. The lowest BCUT2D eigenvalue weighted by atomic mass is 10.1. The Hall–Kier alpha value is -2.68. The first-order valence-electron chi connectivity index (χ1n) is 8.59. The predicted octanol–water partition coefficient (Wildman–Crippen LogP) is 2.38.